The third-order valence-corrected chi connectivity index (χ3v) is 3.42. The molecule has 0 fully saturated rings. The van der Waals surface area contributed by atoms with Crippen molar-refractivity contribution in [1.29, 1.82) is 0 Å². The highest BCUT2D eigenvalue weighted by Crippen LogP contribution is 2.24. The molecule has 0 saturated heterocycles. The number of hydrogen-bond acceptors (Lipinski definition) is 5. The van der Waals surface area contributed by atoms with Gasteiger partial charge < -0.3 is 9.47 Å². The van der Waals surface area contributed by atoms with E-state index >= 15 is 0 Å². The second-order valence-electron chi connectivity index (χ2n) is 4.02. The number of carbonyl (C=O) groups excluding carboxylic acids is 2. The molecule has 0 amide bonds. The molecule has 0 spiro atoms. The van der Waals surface area contributed by atoms with E-state index in [4.69, 9.17) is 9.47 Å². The van der Waals surface area contributed by atoms with Crippen LogP contribution in [0.3, 0.4) is 0 Å². The van der Waals surface area contributed by atoms with Gasteiger partial charge in [-0.05, 0) is 43.6 Å². The molecule has 0 unspecified atom stereocenters. The smallest absolute Gasteiger partial charge is 0.345 e. The standard InChI is InChI=1S/C12H17BrN2O4/c1-5-18-10(16)12(4,11(17)19-6-2)15-7-9(13)8(3)14-15/h7H,5-6H2,1-4H3. The molecule has 1 aromatic rings. The Morgan fingerprint density at radius 2 is 1.79 bits per heavy atom. The molecular formula is C12H17BrN2O4. The van der Waals surface area contributed by atoms with Gasteiger partial charge in [-0.25, -0.2) is 14.3 Å². The first-order valence-electron chi connectivity index (χ1n) is 5.94. The van der Waals surface area contributed by atoms with Crippen LogP contribution in [0.4, 0.5) is 0 Å². The zero-order valence-corrected chi connectivity index (χ0v) is 13.0. The molecule has 0 N–H and O–H groups in total. The van der Waals surface area contributed by atoms with Gasteiger partial charge in [0, 0.05) is 6.20 Å². The van der Waals surface area contributed by atoms with Crippen molar-refractivity contribution in [3.8, 4) is 0 Å². The van der Waals surface area contributed by atoms with Crippen LogP contribution < -0.4 is 0 Å². The van der Waals surface area contributed by atoms with E-state index in [0.29, 0.717) is 10.2 Å². The Labute approximate surface area is 120 Å². The molecule has 19 heavy (non-hydrogen) atoms. The number of nitrogens with zero attached hydrogens (tertiary/aromatic N) is 2. The number of aryl methyl sites for hydroxylation is 1. The van der Waals surface area contributed by atoms with E-state index in [1.165, 1.54) is 11.6 Å². The number of ether oxygens (including phenoxy) is 2. The van der Waals surface area contributed by atoms with Crippen LogP contribution in [0.2, 0.25) is 0 Å². The van der Waals surface area contributed by atoms with Crippen molar-refractivity contribution in [2.45, 2.75) is 33.2 Å². The quantitative estimate of drug-likeness (QED) is 0.607. The number of hydrogen-bond donors (Lipinski definition) is 0. The van der Waals surface area contributed by atoms with Gasteiger partial charge in [0.25, 0.3) is 5.54 Å². The van der Waals surface area contributed by atoms with Gasteiger partial charge in [-0.15, -0.1) is 0 Å². The predicted molar refractivity (Wildman–Crippen MR) is 71.6 cm³/mol. The normalized spacial score (nSPS) is 11.2. The van der Waals surface area contributed by atoms with Gasteiger partial charge in [-0.3, -0.25) is 0 Å². The lowest BCUT2D eigenvalue weighted by Gasteiger charge is -2.25. The molecular weight excluding hydrogens is 316 g/mol. The molecule has 0 aliphatic heterocycles. The third-order valence-electron chi connectivity index (χ3n) is 2.64. The third kappa shape index (κ3) is 2.97. The van der Waals surface area contributed by atoms with Crippen molar-refractivity contribution in [1.82, 2.24) is 9.78 Å². The molecule has 0 aromatic carbocycles. The molecule has 106 valence electrons. The minimum atomic E-state index is -1.62. The molecule has 1 heterocycles. The van der Waals surface area contributed by atoms with Crippen LogP contribution in [0.1, 0.15) is 26.5 Å². The number of carbonyl (C=O) groups is 2. The number of halogens is 1. The van der Waals surface area contributed by atoms with E-state index in [1.54, 1.807) is 27.0 Å². The lowest BCUT2D eigenvalue weighted by atomic mass is 10.0. The topological polar surface area (TPSA) is 70.4 Å². The molecule has 0 radical (unpaired) electrons. The van der Waals surface area contributed by atoms with Crippen molar-refractivity contribution < 1.29 is 19.1 Å². The summed E-state index contributed by atoms with van der Waals surface area (Å²) in [5.41, 5.74) is -0.956. The summed E-state index contributed by atoms with van der Waals surface area (Å²) in [5, 5.41) is 4.16. The summed E-state index contributed by atoms with van der Waals surface area (Å²) in [6.07, 6.45) is 1.56. The highest BCUT2D eigenvalue weighted by molar-refractivity contribution is 9.10. The summed E-state index contributed by atoms with van der Waals surface area (Å²) in [6, 6.07) is 0. The molecule has 0 aliphatic carbocycles. The summed E-state index contributed by atoms with van der Waals surface area (Å²) in [6.45, 7) is 6.89. The largest absolute Gasteiger partial charge is 0.464 e. The Balaban J connectivity index is 3.25. The van der Waals surface area contributed by atoms with Crippen molar-refractivity contribution in [2.24, 2.45) is 0 Å². The average molecular weight is 333 g/mol. The van der Waals surface area contributed by atoms with Gasteiger partial charge in [0.1, 0.15) is 0 Å². The van der Waals surface area contributed by atoms with Crippen LogP contribution in [-0.4, -0.2) is 34.9 Å². The minimum Gasteiger partial charge on any atom is -0.464 e. The maximum Gasteiger partial charge on any atom is 0.345 e. The lowest BCUT2D eigenvalue weighted by molar-refractivity contribution is -0.169. The number of rotatable bonds is 5. The van der Waals surface area contributed by atoms with Crippen LogP contribution >= 0.6 is 15.9 Å². The molecule has 1 aromatic heterocycles. The van der Waals surface area contributed by atoms with E-state index in [9.17, 15) is 9.59 Å². The van der Waals surface area contributed by atoms with Crippen molar-refractivity contribution in [3.05, 3.63) is 16.4 Å². The van der Waals surface area contributed by atoms with Crippen LogP contribution in [0.25, 0.3) is 0 Å². The summed E-state index contributed by atoms with van der Waals surface area (Å²) in [7, 11) is 0. The Morgan fingerprint density at radius 3 is 2.11 bits per heavy atom. The van der Waals surface area contributed by atoms with E-state index in [1.807, 2.05) is 0 Å². The van der Waals surface area contributed by atoms with Crippen LogP contribution in [0.5, 0.6) is 0 Å². The average Bonchev–Trinajstić information content (AvgIpc) is 2.69. The van der Waals surface area contributed by atoms with Crippen molar-refractivity contribution in [2.75, 3.05) is 13.2 Å². The van der Waals surface area contributed by atoms with Gasteiger partial charge >= 0.3 is 11.9 Å². The Morgan fingerprint density at radius 1 is 1.32 bits per heavy atom. The van der Waals surface area contributed by atoms with Crippen molar-refractivity contribution >= 4 is 27.9 Å². The Kier molecular flexibility index (Phi) is 5.11. The Hall–Kier alpha value is -1.37. The fourth-order valence-corrected chi connectivity index (χ4v) is 1.75. The van der Waals surface area contributed by atoms with Gasteiger partial charge in [0.15, 0.2) is 0 Å². The van der Waals surface area contributed by atoms with Crippen molar-refractivity contribution in [3.63, 3.8) is 0 Å². The summed E-state index contributed by atoms with van der Waals surface area (Å²) < 4.78 is 11.9. The SMILES string of the molecule is CCOC(=O)C(C)(C(=O)OCC)n1cc(Br)c(C)n1. The van der Waals surface area contributed by atoms with E-state index in [2.05, 4.69) is 21.0 Å². The highest BCUT2D eigenvalue weighted by atomic mass is 79.9. The van der Waals surface area contributed by atoms with Crippen LogP contribution in [0, 0.1) is 6.92 Å². The maximum absolute atomic E-state index is 12.1. The van der Waals surface area contributed by atoms with Gasteiger partial charge in [0.05, 0.1) is 23.4 Å². The lowest BCUT2D eigenvalue weighted by Crippen LogP contribution is -2.49. The molecule has 1 rings (SSSR count). The summed E-state index contributed by atoms with van der Waals surface area (Å²) in [5.74, 6) is -1.38. The molecule has 7 heteroatoms. The molecule has 0 saturated carbocycles. The fraction of sp³-hybridized carbons (Fsp3) is 0.583. The predicted octanol–water partition coefficient (Wildman–Crippen LogP) is 1.80. The zero-order valence-electron chi connectivity index (χ0n) is 11.4. The second kappa shape index (κ2) is 6.18. The van der Waals surface area contributed by atoms with E-state index in [-0.39, 0.29) is 13.2 Å². The fourth-order valence-electron chi connectivity index (χ4n) is 1.48. The molecule has 0 aliphatic rings. The van der Waals surface area contributed by atoms with Gasteiger partial charge in [0.2, 0.25) is 0 Å². The van der Waals surface area contributed by atoms with Gasteiger partial charge in [-0.1, -0.05) is 0 Å². The number of esters is 2. The monoisotopic (exact) mass is 332 g/mol. The second-order valence-corrected chi connectivity index (χ2v) is 4.87. The van der Waals surface area contributed by atoms with Gasteiger partial charge in [-0.2, -0.15) is 5.10 Å². The summed E-state index contributed by atoms with van der Waals surface area (Å²) >= 11 is 3.30. The zero-order chi connectivity index (χ0) is 14.6. The first-order valence-corrected chi connectivity index (χ1v) is 6.73. The Bertz CT molecular complexity index is 447. The first kappa shape index (κ1) is 15.7. The van der Waals surface area contributed by atoms with E-state index < -0.39 is 17.5 Å². The number of aromatic nitrogens is 2. The summed E-state index contributed by atoms with van der Waals surface area (Å²) in [4.78, 5) is 24.2. The maximum atomic E-state index is 12.1. The van der Waals surface area contributed by atoms with Crippen LogP contribution in [-0.2, 0) is 24.6 Å². The molecule has 0 bridgehead atoms. The minimum absolute atomic E-state index is 0.176. The van der Waals surface area contributed by atoms with E-state index in [0.717, 1.165) is 0 Å². The molecule has 0 atom stereocenters. The first-order chi connectivity index (χ1) is 8.87. The molecule has 6 nitrogen and oxygen atoms in total. The van der Waals surface area contributed by atoms with Crippen LogP contribution in [0.15, 0.2) is 10.7 Å². The highest BCUT2D eigenvalue weighted by Gasteiger charge is 2.47.